The van der Waals surface area contributed by atoms with E-state index in [1.54, 1.807) is 18.4 Å². The lowest BCUT2D eigenvalue weighted by Gasteiger charge is -2.03. The van der Waals surface area contributed by atoms with Gasteiger partial charge in [-0.05, 0) is 24.3 Å². The minimum absolute atomic E-state index is 0.845. The quantitative estimate of drug-likeness (QED) is 0.851. The molecule has 3 heteroatoms. The van der Waals surface area contributed by atoms with E-state index in [9.17, 15) is 0 Å². The number of ether oxygens (including phenoxy) is 1. The van der Waals surface area contributed by atoms with E-state index < -0.39 is 0 Å². The maximum absolute atomic E-state index is 5.14. The molecule has 0 bridgehead atoms. The van der Waals surface area contributed by atoms with Gasteiger partial charge in [-0.3, -0.25) is 0 Å². The average Bonchev–Trinajstić information content (AvgIpc) is 2.76. The van der Waals surface area contributed by atoms with Crippen LogP contribution in [0.25, 0.3) is 0 Å². The van der Waals surface area contributed by atoms with Crippen LogP contribution in [0, 0.1) is 0 Å². The van der Waals surface area contributed by atoms with Gasteiger partial charge in [0.15, 0.2) is 5.06 Å². The van der Waals surface area contributed by atoms with Crippen LogP contribution in [0.2, 0.25) is 0 Å². The standard InChI is InChI=1S/C12H13NOS/c1-14-12-8-7-11(15-12)9-13-10-5-3-2-4-6-10/h2-8,13H,9H2,1H3. The van der Waals surface area contributed by atoms with Crippen LogP contribution in [0.3, 0.4) is 0 Å². The van der Waals surface area contributed by atoms with Gasteiger partial charge in [-0.25, -0.2) is 0 Å². The van der Waals surface area contributed by atoms with Gasteiger partial charge in [0.25, 0.3) is 0 Å². The van der Waals surface area contributed by atoms with Crippen LogP contribution < -0.4 is 10.1 Å². The highest BCUT2D eigenvalue weighted by Crippen LogP contribution is 2.24. The van der Waals surface area contributed by atoms with E-state index >= 15 is 0 Å². The van der Waals surface area contributed by atoms with E-state index in [1.165, 1.54) is 4.88 Å². The maximum atomic E-state index is 5.14. The minimum atomic E-state index is 0.845. The molecule has 0 radical (unpaired) electrons. The number of nitrogens with one attached hydrogen (secondary N) is 1. The van der Waals surface area contributed by atoms with Gasteiger partial charge in [0.05, 0.1) is 7.11 Å². The Morgan fingerprint density at radius 2 is 1.93 bits per heavy atom. The molecular formula is C12H13NOS. The Balaban J connectivity index is 1.93. The van der Waals surface area contributed by atoms with Gasteiger partial charge in [0.1, 0.15) is 0 Å². The number of methoxy groups -OCH3 is 1. The first-order chi connectivity index (χ1) is 7.38. The molecule has 15 heavy (non-hydrogen) atoms. The Morgan fingerprint density at radius 1 is 1.13 bits per heavy atom. The highest BCUT2D eigenvalue weighted by molar-refractivity contribution is 7.13. The number of anilines is 1. The Bertz CT molecular complexity index is 411. The Kier molecular flexibility index (Phi) is 3.25. The second kappa shape index (κ2) is 4.84. The third kappa shape index (κ3) is 2.73. The molecule has 0 spiro atoms. The molecule has 1 N–H and O–H groups in total. The number of para-hydroxylation sites is 1. The summed E-state index contributed by atoms with van der Waals surface area (Å²) in [5, 5.41) is 4.31. The first kappa shape index (κ1) is 10.1. The molecule has 0 aliphatic heterocycles. The second-order valence-corrected chi connectivity index (χ2v) is 4.28. The molecule has 0 amide bonds. The largest absolute Gasteiger partial charge is 0.487 e. The molecular weight excluding hydrogens is 206 g/mol. The van der Waals surface area contributed by atoms with Crippen molar-refractivity contribution >= 4 is 17.0 Å². The fourth-order valence-electron chi connectivity index (χ4n) is 1.31. The van der Waals surface area contributed by atoms with Gasteiger partial charge in [-0.1, -0.05) is 18.2 Å². The Labute approximate surface area is 93.5 Å². The predicted octanol–water partition coefficient (Wildman–Crippen LogP) is 3.37. The van der Waals surface area contributed by atoms with Crippen LogP contribution in [-0.2, 0) is 6.54 Å². The van der Waals surface area contributed by atoms with Crippen LogP contribution in [0.15, 0.2) is 42.5 Å². The molecule has 0 aliphatic carbocycles. The first-order valence-electron chi connectivity index (χ1n) is 4.80. The van der Waals surface area contributed by atoms with Crippen molar-refractivity contribution in [1.82, 2.24) is 0 Å². The number of thiophene rings is 1. The fourth-order valence-corrected chi connectivity index (χ4v) is 2.07. The summed E-state index contributed by atoms with van der Waals surface area (Å²) in [4.78, 5) is 1.27. The molecule has 2 aromatic rings. The lowest BCUT2D eigenvalue weighted by atomic mass is 10.3. The lowest BCUT2D eigenvalue weighted by Crippen LogP contribution is -1.96. The number of hydrogen-bond acceptors (Lipinski definition) is 3. The van der Waals surface area contributed by atoms with Crippen molar-refractivity contribution in [2.45, 2.75) is 6.54 Å². The fraction of sp³-hybridized carbons (Fsp3) is 0.167. The van der Waals surface area contributed by atoms with Gasteiger partial charge in [0.2, 0.25) is 0 Å². The molecule has 0 fully saturated rings. The highest BCUT2D eigenvalue weighted by Gasteiger charge is 1.98. The van der Waals surface area contributed by atoms with Gasteiger partial charge in [0, 0.05) is 17.1 Å². The molecule has 1 aromatic carbocycles. The van der Waals surface area contributed by atoms with Crippen molar-refractivity contribution < 1.29 is 4.74 Å². The molecule has 78 valence electrons. The molecule has 2 nitrogen and oxygen atoms in total. The molecule has 0 atom stereocenters. The number of hydrogen-bond donors (Lipinski definition) is 1. The van der Waals surface area contributed by atoms with Crippen molar-refractivity contribution in [2.75, 3.05) is 12.4 Å². The first-order valence-corrected chi connectivity index (χ1v) is 5.62. The zero-order valence-electron chi connectivity index (χ0n) is 8.57. The van der Waals surface area contributed by atoms with Crippen LogP contribution in [-0.4, -0.2) is 7.11 Å². The summed E-state index contributed by atoms with van der Waals surface area (Å²) < 4.78 is 5.14. The average molecular weight is 219 g/mol. The summed E-state index contributed by atoms with van der Waals surface area (Å²) in [6.45, 7) is 0.845. The third-order valence-electron chi connectivity index (χ3n) is 2.08. The summed E-state index contributed by atoms with van der Waals surface area (Å²) >= 11 is 1.67. The van der Waals surface area contributed by atoms with E-state index in [4.69, 9.17) is 4.74 Å². The van der Waals surface area contributed by atoms with Gasteiger partial charge in [-0.15, -0.1) is 11.3 Å². The summed E-state index contributed by atoms with van der Waals surface area (Å²) in [7, 11) is 1.69. The molecule has 2 rings (SSSR count). The molecule has 0 unspecified atom stereocenters. The van der Waals surface area contributed by atoms with E-state index in [2.05, 4.69) is 23.5 Å². The van der Waals surface area contributed by atoms with Crippen LogP contribution >= 0.6 is 11.3 Å². The zero-order valence-corrected chi connectivity index (χ0v) is 9.38. The summed E-state index contributed by atoms with van der Waals surface area (Å²) in [6.07, 6.45) is 0. The molecule has 1 aromatic heterocycles. The van der Waals surface area contributed by atoms with E-state index in [-0.39, 0.29) is 0 Å². The minimum Gasteiger partial charge on any atom is -0.487 e. The van der Waals surface area contributed by atoms with Gasteiger partial charge >= 0.3 is 0 Å². The van der Waals surface area contributed by atoms with Crippen LogP contribution in [0.5, 0.6) is 5.06 Å². The topological polar surface area (TPSA) is 21.3 Å². The van der Waals surface area contributed by atoms with E-state index in [1.807, 2.05) is 24.3 Å². The van der Waals surface area contributed by atoms with Crippen molar-refractivity contribution in [1.29, 1.82) is 0 Å². The molecule has 1 heterocycles. The summed E-state index contributed by atoms with van der Waals surface area (Å²) in [5.41, 5.74) is 1.14. The predicted molar refractivity (Wildman–Crippen MR) is 64.6 cm³/mol. The van der Waals surface area contributed by atoms with Gasteiger partial charge < -0.3 is 10.1 Å². The molecule has 0 saturated carbocycles. The number of benzene rings is 1. The monoisotopic (exact) mass is 219 g/mol. The van der Waals surface area contributed by atoms with Gasteiger partial charge in [-0.2, -0.15) is 0 Å². The Morgan fingerprint density at radius 3 is 2.60 bits per heavy atom. The maximum Gasteiger partial charge on any atom is 0.173 e. The third-order valence-corrected chi connectivity index (χ3v) is 3.13. The molecule has 0 saturated heterocycles. The lowest BCUT2D eigenvalue weighted by molar-refractivity contribution is 0.427. The van der Waals surface area contributed by atoms with Crippen LogP contribution in [0.4, 0.5) is 5.69 Å². The summed E-state index contributed by atoms with van der Waals surface area (Å²) in [6, 6.07) is 14.3. The second-order valence-electron chi connectivity index (χ2n) is 3.14. The Hall–Kier alpha value is -1.48. The van der Waals surface area contributed by atoms with Crippen molar-refractivity contribution in [3.05, 3.63) is 47.3 Å². The number of rotatable bonds is 4. The SMILES string of the molecule is COc1ccc(CNc2ccccc2)s1. The van der Waals surface area contributed by atoms with Crippen molar-refractivity contribution in [3.63, 3.8) is 0 Å². The van der Waals surface area contributed by atoms with Crippen LogP contribution in [0.1, 0.15) is 4.88 Å². The van der Waals surface area contributed by atoms with E-state index in [0.717, 1.165) is 17.3 Å². The van der Waals surface area contributed by atoms with Crippen molar-refractivity contribution in [2.24, 2.45) is 0 Å². The molecule has 0 aliphatic rings. The van der Waals surface area contributed by atoms with E-state index in [0.29, 0.717) is 0 Å². The smallest absolute Gasteiger partial charge is 0.173 e. The van der Waals surface area contributed by atoms with Crippen molar-refractivity contribution in [3.8, 4) is 5.06 Å². The normalized spacial score (nSPS) is 9.93. The summed E-state index contributed by atoms with van der Waals surface area (Å²) in [5.74, 6) is 0. The highest BCUT2D eigenvalue weighted by atomic mass is 32.1. The zero-order chi connectivity index (χ0) is 10.5.